The van der Waals surface area contributed by atoms with Gasteiger partial charge in [0.05, 0.1) is 5.69 Å². The molecule has 0 aliphatic carbocycles. The molecule has 0 bridgehead atoms. The largest absolute Gasteiger partial charge is 0.345 e. The van der Waals surface area contributed by atoms with E-state index in [0.717, 1.165) is 4.90 Å². The zero-order chi connectivity index (χ0) is 13.3. The first-order valence-corrected chi connectivity index (χ1v) is 5.38. The highest BCUT2D eigenvalue weighted by Crippen LogP contribution is 2.19. The molecule has 0 radical (unpaired) electrons. The predicted octanol–water partition coefficient (Wildman–Crippen LogP) is 0.818. The number of rotatable bonds is 2. The van der Waals surface area contributed by atoms with Crippen LogP contribution in [0, 0.1) is 0 Å². The molecule has 0 spiro atoms. The van der Waals surface area contributed by atoms with Gasteiger partial charge in [-0.05, 0) is 24.3 Å². The topological polar surface area (TPSA) is 57.7 Å². The van der Waals surface area contributed by atoms with Crippen LogP contribution in [0.3, 0.4) is 0 Å². The lowest BCUT2D eigenvalue weighted by atomic mass is 10.2. The van der Waals surface area contributed by atoms with Crippen molar-refractivity contribution in [2.24, 2.45) is 0 Å². The van der Waals surface area contributed by atoms with Gasteiger partial charge in [-0.25, -0.2) is 4.90 Å². The molecule has 92 valence electrons. The molecule has 0 fully saturated rings. The van der Waals surface area contributed by atoms with Crippen molar-refractivity contribution in [3.63, 3.8) is 0 Å². The summed E-state index contributed by atoms with van der Waals surface area (Å²) in [5.41, 5.74) is 0.973. The van der Waals surface area contributed by atoms with Gasteiger partial charge in [0.15, 0.2) is 0 Å². The van der Waals surface area contributed by atoms with E-state index < -0.39 is 0 Å². The van der Waals surface area contributed by atoms with E-state index >= 15 is 0 Å². The SMILES string of the molecule is CN(C)C(=O)c1ccc(N2C(=O)C=CC2=O)cc1. The molecule has 0 saturated heterocycles. The first-order valence-electron chi connectivity index (χ1n) is 5.38. The number of benzene rings is 1. The molecule has 1 aromatic carbocycles. The van der Waals surface area contributed by atoms with Crippen molar-refractivity contribution >= 4 is 23.4 Å². The summed E-state index contributed by atoms with van der Waals surface area (Å²) in [5, 5.41) is 0. The second-order valence-corrected chi connectivity index (χ2v) is 4.09. The lowest BCUT2D eigenvalue weighted by molar-refractivity contribution is -0.119. The zero-order valence-electron chi connectivity index (χ0n) is 10.1. The molecule has 2 rings (SSSR count). The van der Waals surface area contributed by atoms with Gasteiger partial charge in [0, 0.05) is 31.8 Å². The van der Waals surface area contributed by atoms with E-state index in [-0.39, 0.29) is 17.7 Å². The molecule has 1 aliphatic rings. The fraction of sp³-hybridized carbons (Fsp3) is 0.154. The van der Waals surface area contributed by atoms with Crippen molar-refractivity contribution in [2.45, 2.75) is 0 Å². The Labute approximate surface area is 104 Å². The van der Waals surface area contributed by atoms with Crippen molar-refractivity contribution < 1.29 is 14.4 Å². The van der Waals surface area contributed by atoms with E-state index in [9.17, 15) is 14.4 Å². The van der Waals surface area contributed by atoms with Crippen molar-refractivity contribution in [1.29, 1.82) is 0 Å². The van der Waals surface area contributed by atoms with Crippen LogP contribution in [-0.4, -0.2) is 36.7 Å². The minimum Gasteiger partial charge on any atom is -0.345 e. The van der Waals surface area contributed by atoms with Crippen LogP contribution in [0.4, 0.5) is 5.69 Å². The number of carbonyl (C=O) groups is 3. The minimum absolute atomic E-state index is 0.126. The second kappa shape index (κ2) is 4.44. The number of amides is 3. The summed E-state index contributed by atoms with van der Waals surface area (Å²) in [7, 11) is 3.32. The lowest BCUT2D eigenvalue weighted by Gasteiger charge is -2.15. The first-order chi connectivity index (χ1) is 8.50. The maximum absolute atomic E-state index is 11.7. The smallest absolute Gasteiger partial charge is 0.258 e. The van der Waals surface area contributed by atoms with Crippen LogP contribution >= 0.6 is 0 Å². The summed E-state index contributed by atoms with van der Waals surface area (Å²) in [6.45, 7) is 0. The van der Waals surface area contributed by atoms with Crippen molar-refractivity contribution in [3.8, 4) is 0 Å². The number of imide groups is 1. The molecule has 1 aromatic rings. The molecule has 1 heterocycles. The third-order valence-electron chi connectivity index (χ3n) is 2.59. The Bertz CT molecular complexity index is 526. The van der Waals surface area contributed by atoms with Gasteiger partial charge in [0.1, 0.15) is 0 Å². The number of anilines is 1. The summed E-state index contributed by atoms with van der Waals surface area (Å²) in [6.07, 6.45) is 2.45. The third-order valence-corrected chi connectivity index (χ3v) is 2.59. The zero-order valence-corrected chi connectivity index (χ0v) is 10.1. The summed E-state index contributed by atoms with van der Waals surface area (Å²) in [6, 6.07) is 6.35. The molecular weight excluding hydrogens is 232 g/mol. The van der Waals surface area contributed by atoms with Crippen molar-refractivity contribution in [2.75, 3.05) is 19.0 Å². The molecule has 0 atom stereocenters. The van der Waals surface area contributed by atoms with Gasteiger partial charge in [-0.15, -0.1) is 0 Å². The number of nitrogens with zero attached hydrogens (tertiary/aromatic N) is 2. The molecule has 0 saturated carbocycles. The van der Waals surface area contributed by atoms with E-state index in [1.165, 1.54) is 17.1 Å². The van der Waals surface area contributed by atoms with Crippen molar-refractivity contribution in [1.82, 2.24) is 4.90 Å². The van der Waals surface area contributed by atoms with Crippen LogP contribution in [0.5, 0.6) is 0 Å². The van der Waals surface area contributed by atoms with Crippen LogP contribution in [0.15, 0.2) is 36.4 Å². The highest BCUT2D eigenvalue weighted by molar-refractivity contribution is 6.28. The van der Waals surface area contributed by atoms with E-state index in [1.54, 1.807) is 38.4 Å². The van der Waals surface area contributed by atoms with Gasteiger partial charge < -0.3 is 4.90 Å². The van der Waals surface area contributed by atoms with E-state index in [0.29, 0.717) is 11.3 Å². The van der Waals surface area contributed by atoms with Crippen LogP contribution in [0.25, 0.3) is 0 Å². The van der Waals surface area contributed by atoms with Gasteiger partial charge in [-0.2, -0.15) is 0 Å². The number of hydrogen-bond acceptors (Lipinski definition) is 3. The van der Waals surface area contributed by atoms with E-state index in [2.05, 4.69) is 0 Å². The van der Waals surface area contributed by atoms with Gasteiger partial charge in [-0.3, -0.25) is 14.4 Å². The summed E-state index contributed by atoms with van der Waals surface area (Å²) >= 11 is 0. The average molecular weight is 244 g/mol. The summed E-state index contributed by atoms with van der Waals surface area (Å²) < 4.78 is 0. The highest BCUT2D eigenvalue weighted by Gasteiger charge is 2.25. The van der Waals surface area contributed by atoms with Crippen LogP contribution in [0.2, 0.25) is 0 Å². The lowest BCUT2D eigenvalue weighted by Crippen LogP contribution is -2.29. The Kier molecular flexibility index (Phi) is 2.97. The highest BCUT2D eigenvalue weighted by atomic mass is 16.2. The van der Waals surface area contributed by atoms with Gasteiger partial charge >= 0.3 is 0 Å². The predicted molar refractivity (Wildman–Crippen MR) is 66.1 cm³/mol. The Morgan fingerprint density at radius 3 is 1.94 bits per heavy atom. The summed E-state index contributed by atoms with van der Waals surface area (Å²) in [5.74, 6) is -0.864. The van der Waals surface area contributed by atoms with E-state index in [1.807, 2.05) is 0 Å². The molecule has 0 unspecified atom stereocenters. The Balaban J connectivity index is 2.26. The Morgan fingerprint density at radius 1 is 1.00 bits per heavy atom. The fourth-order valence-electron chi connectivity index (χ4n) is 1.67. The average Bonchev–Trinajstić information content (AvgIpc) is 2.68. The molecule has 1 aliphatic heterocycles. The quantitative estimate of drug-likeness (QED) is 0.724. The number of hydrogen-bond donors (Lipinski definition) is 0. The van der Waals surface area contributed by atoms with Crippen LogP contribution < -0.4 is 4.90 Å². The Morgan fingerprint density at radius 2 is 1.50 bits per heavy atom. The maximum Gasteiger partial charge on any atom is 0.258 e. The second-order valence-electron chi connectivity index (χ2n) is 4.09. The van der Waals surface area contributed by atoms with Crippen LogP contribution in [0.1, 0.15) is 10.4 Å². The van der Waals surface area contributed by atoms with Crippen LogP contribution in [-0.2, 0) is 9.59 Å². The molecule has 0 N–H and O–H groups in total. The monoisotopic (exact) mass is 244 g/mol. The molecule has 3 amide bonds. The molecule has 0 aromatic heterocycles. The first kappa shape index (κ1) is 12.0. The van der Waals surface area contributed by atoms with Gasteiger partial charge in [0.25, 0.3) is 17.7 Å². The van der Waals surface area contributed by atoms with E-state index in [4.69, 9.17) is 0 Å². The maximum atomic E-state index is 11.7. The molecule has 5 heteroatoms. The summed E-state index contributed by atoms with van der Waals surface area (Å²) in [4.78, 5) is 37.1. The standard InChI is InChI=1S/C13H12N2O3/c1-14(2)13(18)9-3-5-10(6-4-9)15-11(16)7-8-12(15)17/h3-8H,1-2H3. The minimum atomic E-state index is -0.369. The van der Waals surface area contributed by atoms with Gasteiger partial charge in [-0.1, -0.05) is 0 Å². The number of carbonyl (C=O) groups excluding carboxylic acids is 3. The molecule has 5 nitrogen and oxygen atoms in total. The van der Waals surface area contributed by atoms with Gasteiger partial charge in [0.2, 0.25) is 0 Å². The third kappa shape index (κ3) is 2.02. The molecule has 18 heavy (non-hydrogen) atoms. The fourth-order valence-corrected chi connectivity index (χ4v) is 1.67. The van der Waals surface area contributed by atoms with Crippen molar-refractivity contribution in [3.05, 3.63) is 42.0 Å². The Hall–Kier alpha value is -2.43. The molecular formula is C13H12N2O3. The normalized spacial score (nSPS) is 14.2.